The van der Waals surface area contributed by atoms with Gasteiger partial charge in [0.05, 0.1) is 11.6 Å². The van der Waals surface area contributed by atoms with Gasteiger partial charge in [-0.15, -0.1) is 0 Å². The van der Waals surface area contributed by atoms with E-state index in [0.717, 1.165) is 5.56 Å². The standard InChI is InChI=1S/C11H9NO/c1-9(13)7-11(8-12)10-5-3-2-4-6-10/h2-7H,1H3/b11-7+. The van der Waals surface area contributed by atoms with Crippen LogP contribution in [0.3, 0.4) is 0 Å². The van der Waals surface area contributed by atoms with E-state index in [0.29, 0.717) is 5.57 Å². The van der Waals surface area contributed by atoms with E-state index in [2.05, 4.69) is 0 Å². The van der Waals surface area contributed by atoms with Gasteiger partial charge in [-0.1, -0.05) is 30.3 Å². The van der Waals surface area contributed by atoms with Gasteiger partial charge in [0.1, 0.15) is 0 Å². The smallest absolute Gasteiger partial charge is 0.153 e. The van der Waals surface area contributed by atoms with Gasteiger partial charge in [-0.2, -0.15) is 5.26 Å². The summed E-state index contributed by atoms with van der Waals surface area (Å²) in [6.45, 7) is 1.43. The van der Waals surface area contributed by atoms with Gasteiger partial charge in [0.25, 0.3) is 0 Å². The molecule has 0 unspecified atom stereocenters. The Labute approximate surface area is 77.1 Å². The molecule has 0 bridgehead atoms. The van der Waals surface area contributed by atoms with Crippen molar-refractivity contribution in [2.24, 2.45) is 0 Å². The second kappa shape index (κ2) is 4.22. The van der Waals surface area contributed by atoms with Gasteiger partial charge in [0, 0.05) is 0 Å². The van der Waals surface area contributed by atoms with Crippen molar-refractivity contribution < 1.29 is 4.79 Å². The zero-order valence-corrected chi connectivity index (χ0v) is 7.32. The fraction of sp³-hybridized carbons (Fsp3) is 0.0909. The summed E-state index contributed by atoms with van der Waals surface area (Å²) in [6, 6.07) is 11.1. The summed E-state index contributed by atoms with van der Waals surface area (Å²) in [6.07, 6.45) is 1.34. The van der Waals surface area contributed by atoms with Crippen molar-refractivity contribution in [1.29, 1.82) is 5.26 Å². The predicted octanol–water partition coefficient (Wildman–Crippen LogP) is 2.18. The van der Waals surface area contributed by atoms with Crippen LogP contribution in [0, 0.1) is 11.3 Å². The maximum Gasteiger partial charge on any atom is 0.153 e. The maximum absolute atomic E-state index is 10.8. The molecule has 1 aromatic rings. The lowest BCUT2D eigenvalue weighted by atomic mass is 10.1. The van der Waals surface area contributed by atoms with Crippen LogP contribution in [0.15, 0.2) is 36.4 Å². The second-order valence-electron chi connectivity index (χ2n) is 2.65. The highest BCUT2D eigenvalue weighted by Gasteiger charge is 1.99. The zero-order chi connectivity index (χ0) is 9.68. The van der Waals surface area contributed by atoms with Crippen LogP contribution in [-0.2, 0) is 4.79 Å². The predicted molar refractivity (Wildman–Crippen MR) is 50.7 cm³/mol. The molecule has 64 valence electrons. The number of hydrogen-bond acceptors (Lipinski definition) is 2. The van der Waals surface area contributed by atoms with Crippen LogP contribution in [0.25, 0.3) is 5.57 Å². The van der Waals surface area contributed by atoms with Gasteiger partial charge in [0.2, 0.25) is 0 Å². The molecule has 0 radical (unpaired) electrons. The van der Waals surface area contributed by atoms with E-state index in [1.807, 2.05) is 24.3 Å². The number of nitrogens with zero attached hydrogens (tertiary/aromatic N) is 1. The van der Waals surface area contributed by atoms with Gasteiger partial charge >= 0.3 is 0 Å². The number of ketones is 1. The zero-order valence-electron chi connectivity index (χ0n) is 7.32. The van der Waals surface area contributed by atoms with E-state index in [4.69, 9.17) is 5.26 Å². The molecule has 0 atom stereocenters. The molecule has 0 aromatic heterocycles. The van der Waals surface area contributed by atoms with E-state index in [-0.39, 0.29) is 5.78 Å². The highest BCUT2D eigenvalue weighted by atomic mass is 16.1. The second-order valence-corrected chi connectivity index (χ2v) is 2.65. The molecule has 0 heterocycles. The van der Waals surface area contributed by atoms with Crippen molar-refractivity contribution in [3.05, 3.63) is 42.0 Å². The van der Waals surface area contributed by atoms with Crippen molar-refractivity contribution in [3.63, 3.8) is 0 Å². The molecule has 0 aliphatic rings. The van der Waals surface area contributed by atoms with Crippen molar-refractivity contribution >= 4 is 11.4 Å². The molecule has 2 heteroatoms. The summed E-state index contributed by atoms with van der Waals surface area (Å²) in [7, 11) is 0. The number of nitriles is 1. The summed E-state index contributed by atoms with van der Waals surface area (Å²) < 4.78 is 0. The van der Waals surface area contributed by atoms with Gasteiger partial charge in [-0.3, -0.25) is 4.79 Å². The molecule has 0 amide bonds. The molecular weight excluding hydrogens is 162 g/mol. The van der Waals surface area contributed by atoms with Crippen molar-refractivity contribution in [3.8, 4) is 6.07 Å². The summed E-state index contributed by atoms with van der Waals surface area (Å²) in [5.41, 5.74) is 1.19. The van der Waals surface area contributed by atoms with Crippen LogP contribution in [0.5, 0.6) is 0 Å². The highest BCUT2D eigenvalue weighted by molar-refractivity contribution is 5.98. The molecule has 0 aliphatic heterocycles. The average molecular weight is 171 g/mol. The summed E-state index contributed by atoms with van der Waals surface area (Å²) >= 11 is 0. The van der Waals surface area contributed by atoms with E-state index >= 15 is 0 Å². The van der Waals surface area contributed by atoms with E-state index in [1.165, 1.54) is 13.0 Å². The van der Waals surface area contributed by atoms with Crippen molar-refractivity contribution in [2.45, 2.75) is 6.92 Å². The van der Waals surface area contributed by atoms with E-state index < -0.39 is 0 Å². The molecule has 0 N–H and O–H groups in total. The molecule has 0 spiro atoms. The molecule has 0 saturated heterocycles. The first-order valence-corrected chi connectivity index (χ1v) is 3.92. The number of benzene rings is 1. The van der Waals surface area contributed by atoms with Crippen LogP contribution >= 0.6 is 0 Å². The van der Waals surface area contributed by atoms with Gasteiger partial charge < -0.3 is 0 Å². The minimum Gasteiger partial charge on any atom is -0.295 e. The maximum atomic E-state index is 10.8. The Morgan fingerprint density at radius 3 is 2.46 bits per heavy atom. The van der Waals surface area contributed by atoms with Crippen LogP contribution < -0.4 is 0 Å². The first kappa shape index (κ1) is 9.21. The molecule has 0 aliphatic carbocycles. The minimum absolute atomic E-state index is 0.111. The Morgan fingerprint density at radius 2 is 2.00 bits per heavy atom. The van der Waals surface area contributed by atoms with Crippen molar-refractivity contribution in [2.75, 3.05) is 0 Å². The third-order valence-corrected chi connectivity index (χ3v) is 1.55. The first-order valence-electron chi connectivity index (χ1n) is 3.92. The van der Waals surface area contributed by atoms with Gasteiger partial charge in [-0.05, 0) is 18.6 Å². The average Bonchev–Trinajstić information content (AvgIpc) is 2.15. The van der Waals surface area contributed by atoms with Gasteiger partial charge in [0.15, 0.2) is 5.78 Å². The molecule has 0 saturated carbocycles. The van der Waals surface area contributed by atoms with Crippen LogP contribution in [-0.4, -0.2) is 5.78 Å². The molecular formula is C11H9NO. The lowest BCUT2D eigenvalue weighted by Gasteiger charge is -1.95. The number of hydrogen-bond donors (Lipinski definition) is 0. The summed E-state index contributed by atoms with van der Waals surface area (Å²) in [4.78, 5) is 10.8. The van der Waals surface area contributed by atoms with Gasteiger partial charge in [-0.25, -0.2) is 0 Å². The molecule has 0 fully saturated rings. The largest absolute Gasteiger partial charge is 0.295 e. The van der Waals surface area contributed by atoms with E-state index in [9.17, 15) is 4.79 Å². The van der Waals surface area contributed by atoms with Crippen LogP contribution in [0.1, 0.15) is 12.5 Å². The molecule has 1 rings (SSSR count). The Morgan fingerprint density at radius 1 is 1.38 bits per heavy atom. The Hall–Kier alpha value is -1.88. The minimum atomic E-state index is -0.111. The Kier molecular flexibility index (Phi) is 2.99. The third-order valence-electron chi connectivity index (χ3n) is 1.55. The summed E-state index contributed by atoms with van der Waals surface area (Å²) in [5, 5.41) is 8.76. The van der Waals surface area contributed by atoms with Crippen LogP contribution in [0.4, 0.5) is 0 Å². The lowest BCUT2D eigenvalue weighted by molar-refractivity contribution is -0.112. The normalized spacial score (nSPS) is 10.6. The highest BCUT2D eigenvalue weighted by Crippen LogP contribution is 2.12. The Balaban J connectivity index is 3.07. The van der Waals surface area contributed by atoms with Crippen molar-refractivity contribution in [1.82, 2.24) is 0 Å². The number of rotatable bonds is 2. The lowest BCUT2D eigenvalue weighted by Crippen LogP contribution is -1.86. The first-order chi connectivity index (χ1) is 6.24. The van der Waals surface area contributed by atoms with Crippen LogP contribution in [0.2, 0.25) is 0 Å². The summed E-state index contributed by atoms with van der Waals surface area (Å²) in [5.74, 6) is -0.111. The SMILES string of the molecule is CC(=O)/C=C(\C#N)c1ccccc1. The fourth-order valence-electron chi connectivity index (χ4n) is 1.00. The number of allylic oxidation sites excluding steroid dienone is 2. The number of carbonyl (C=O) groups excluding carboxylic acids is 1. The Bertz CT molecular complexity index is 371. The third kappa shape index (κ3) is 2.57. The molecule has 13 heavy (non-hydrogen) atoms. The fourth-order valence-corrected chi connectivity index (χ4v) is 1.00. The van der Waals surface area contributed by atoms with E-state index in [1.54, 1.807) is 12.1 Å². The monoisotopic (exact) mass is 171 g/mol. The topological polar surface area (TPSA) is 40.9 Å². The molecule has 1 aromatic carbocycles. The quantitative estimate of drug-likeness (QED) is 0.505. The number of carbonyl (C=O) groups is 1. The molecule has 2 nitrogen and oxygen atoms in total.